The first-order valence-corrected chi connectivity index (χ1v) is 10.1. The van der Waals surface area contributed by atoms with Crippen LogP contribution in [0.25, 0.3) is 6.08 Å². The Balaban J connectivity index is 1.65. The monoisotopic (exact) mass is 464 g/mol. The lowest BCUT2D eigenvalue weighted by Crippen LogP contribution is -2.06. The van der Waals surface area contributed by atoms with Crippen molar-refractivity contribution in [3.05, 3.63) is 104 Å². The second-order valence-corrected chi connectivity index (χ2v) is 7.32. The van der Waals surface area contributed by atoms with E-state index in [-0.39, 0.29) is 23.9 Å². The first-order chi connectivity index (χ1) is 16.0. The predicted octanol–water partition coefficient (Wildman–Crippen LogP) is 5.18. The van der Waals surface area contributed by atoms with Crippen LogP contribution in [0.5, 0.6) is 11.5 Å². The van der Waals surface area contributed by atoms with Gasteiger partial charge in [0, 0.05) is 17.7 Å². The van der Waals surface area contributed by atoms with Gasteiger partial charge in [-0.3, -0.25) is 10.1 Å². The highest BCUT2D eigenvalue weighted by molar-refractivity contribution is 6.34. The molecule has 0 aromatic heterocycles. The average Bonchev–Trinajstić information content (AvgIpc) is 3.18. The number of nitro benzene ring substituents is 1. The van der Waals surface area contributed by atoms with Gasteiger partial charge in [-0.1, -0.05) is 48.0 Å². The summed E-state index contributed by atoms with van der Waals surface area (Å²) in [5.41, 5.74) is 1.67. The maximum absolute atomic E-state index is 12.4. The number of nitrogens with zero attached hydrogens (tertiary/aromatic N) is 2. The van der Waals surface area contributed by atoms with Gasteiger partial charge in [-0.25, -0.2) is 9.79 Å². The summed E-state index contributed by atoms with van der Waals surface area (Å²) < 4.78 is 16.6. The molecular formula is C24H17ClN2O6. The second-order valence-electron chi connectivity index (χ2n) is 6.91. The molecule has 4 rings (SSSR count). The zero-order valence-corrected chi connectivity index (χ0v) is 18.1. The van der Waals surface area contributed by atoms with Crippen LogP contribution in [-0.4, -0.2) is 23.9 Å². The molecule has 0 N–H and O–H groups in total. The highest BCUT2D eigenvalue weighted by Crippen LogP contribution is 2.34. The number of nitro groups is 1. The molecule has 1 aliphatic rings. The zero-order valence-electron chi connectivity index (χ0n) is 17.4. The van der Waals surface area contributed by atoms with E-state index in [4.69, 9.17) is 25.8 Å². The number of ether oxygens (including phenoxy) is 3. The molecule has 3 aromatic carbocycles. The van der Waals surface area contributed by atoms with Gasteiger partial charge in [0.05, 0.1) is 22.6 Å². The number of carbonyl (C=O) groups is 1. The normalized spacial score (nSPS) is 14.1. The first kappa shape index (κ1) is 22.0. The van der Waals surface area contributed by atoms with Crippen molar-refractivity contribution in [2.75, 3.05) is 7.11 Å². The molecule has 166 valence electrons. The molecule has 0 radical (unpaired) electrons. The standard InChI is InChI=1S/C24H17ClN2O6/c1-31-21-11-5-7-16(22(21)32-14-15-6-4-8-17(12-15)27(29)30)13-20-24(28)33-23(26-20)18-9-2-3-10-19(18)25/h2-13H,14H2,1H3/b20-13-. The van der Waals surface area contributed by atoms with Gasteiger partial charge in [0.2, 0.25) is 5.90 Å². The van der Waals surface area contributed by atoms with Crippen LogP contribution in [-0.2, 0) is 16.1 Å². The lowest BCUT2D eigenvalue weighted by Gasteiger charge is -2.13. The number of methoxy groups -OCH3 is 1. The fourth-order valence-electron chi connectivity index (χ4n) is 3.18. The molecule has 0 atom stereocenters. The second kappa shape index (κ2) is 9.54. The summed E-state index contributed by atoms with van der Waals surface area (Å²) in [5, 5.41) is 11.4. The minimum Gasteiger partial charge on any atom is -0.493 e. The minimum absolute atomic E-state index is 0.0337. The minimum atomic E-state index is -0.627. The van der Waals surface area contributed by atoms with Crippen LogP contribution in [0.4, 0.5) is 5.69 Å². The number of halogens is 1. The van der Waals surface area contributed by atoms with E-state index in [1.165, 1.54) is 25.3 Å². The average molecular weight is 465 g/mol. The van der Waals surface area contributed by atoms with Gasteiger partial charge in [-0.2, -0.15) is 0 Å². The molecule has 0 saturated carbocycles. The van der Waals surface area contributed by atoms with Crippen LogP contribution in [0.15, 0.2) is 77.4 Å². The molecule has 0 unspecified atom stereocenters. The van der Waals surface area contributed by atoms with Crippen LogP contribution in [0.1, 0.15) is 16.7 Å². The lowest BCUT2D eigenvalue weighted by atomic mass is 10.1. The van der Waals surface area contributed by atoms with Crippen molar-refractivity contribution in [1.29, 1.82) is 0 Å². The molecule has 1 aliphatic heterocycles. The van der Waals surface area contributed by atoms with Crippen molar-refractivity contribution in [3.63, 3.8) is 0 Å². The molecule has 0 bridgehead atoms. The van der Waals surface area contributed by atoms with Gasteiger partial charge in [-0.15, -0.1) is 0 Å². The molecular weight excluding hydrogens is 448 g/mol. The smallest absolute Gasteiger partial charge is 0.363 e. The Morgan fingerprint density at radius 3 is 2.67 bits per heavy atom. The molecule has 1 heterocycles. The summed E-state index contributed by atoms with van der Waals surface area (Å²) in [7, 11) is 1.49. The molecule has 3 aromatic rings. The summed E-state index contributed by atoms with van der Waals surface area (Å²) in [5.74, 6) is 0.265. The third-order valence-electron chi connectivity index (χ3n) is 4.75. The van der Waals surface area contributed by atoms with E-state index in [1.807, 2.05) is 0 Å². The van der Waals surface area contributed by atoms with Crippen LogP contribution >= 0.6 is 11.6 Å². The van der Waals surface area contributed by atoms with Gasteiger partial charge in [-0.05, 0) is 29.8 Å². The van der Waals surface area contributed by atoms with Gasteiger partial charge in [0.1, 0.15) is 6.61 Å². The summed E-state index contributed by atoms with van der Waals surface area (Å²) in [6.45, 7) is 0.0524. The van der Waals surface area contributed by atoms with E-state index in [9.17, 15) is 14.9 Å². The Labute approximate surface area is 193 Å². The number of benzene rings is 3. The van der Waals surface area contributed by atoms with E-state index in [1.54, 1.807) is 54.6 Å². The maximum Gasteiger partial charge on any atom is 0.363 e. The van der Waals surface area contributed by atoms with Gasteiger partial charge in [0.25, 0.3) is 5.69 Å². The van der Waals surface area contributed by atoms with E-state index in [0.29, 0.717) is 33.2 Å². The van der Waals surface area contributed by atoms with E-state index < -0.39 is 10.9 Å². The van der Waals surface area contributed by atoms with Crippen molar-refractivity contribution in [3.8, 4) is 11.5 Å². The largest absolute Gasteiger partial charge is 0.493 e. The zero-order chi connectivity index (χ0) is 23.4. The van der Waals surface area contributed by atoms with E-state index in [2.05, 4.69) is 4.99 Å². The molecule has 9 heteroatoms. The molecule has 0 saturated heterocycles. The lowest BCUT2D eigenvalue weighted by molar-refractivity contribution is -0.384. The highest BCUT2D eigenvalue weighted by atomic mass is 35.5. The van der Waals surface area contributed by atoms with Crippen LogP contribution in [0.2, 0.25) is 5.02 Å². The van der Waals surface area contributed by atoms with Crippen LogP contribution in [0.3, 0.4) is 0 Å². The van der Waals surface area contributed by atoms with Gasteiger partial charge < -0.3 is 14.2 Å². The Morgan fingerprint density at radius 2 is 1.91 bits per heavy atom. The Kier molecular flexibility index (Phi) is 6.37. The number of hydrogen-bond acceptors (Lipinski definition) is 7. The molecule has 0 spiro atoms. The summed E-state index contributed by atoms with van der Waals surface area (Å²) in [6, 6.07) is 18.2. The summed E-state index contributed by atoms with van der Waals surface area (Å²) in [4.78, 5) is 27.3. The third-order valence-corrected chi connectivity index (χ3v) is 5.08. The van der Waals surface area contributed by atoms with Crippen molar-refractivity contribution < 1.29 is 23.9 Å². The van der Waals surface area contributed by atoms with Crippen molar-refractivity contribution >= 4 is 35.2 Å². The molecule has 0 fully saturated rings. The van der Waals surface area contributed by atoms with E-state index >= 15 is 0 Å². The Bertz CT molecular complexity index is 1300. The summed E-state index contributed by atoms with van der Waals surface area (Å²) in [6.07, 6.45) is 1.53. The van der Waals surface area contributed by atoms with Crippen LogP contribution < -0.4 is 9.47 Å². The number of non-ortho nitro benzene ring substituents is 1. The highest BCUT2D eigenvalue weighted by Gasteiger charge is 2.26. The number of esters is 1. The number of para-hydroxylation sites is 1. The SMILES string of the molecule is COc1cccc(/C=C2\N=C(c3ccccc3Cl)OC2=O)c1OCc1cccc([N+](=O)[O-])c1. The van der Waals surface area contributed by atoms with Crippen LogP contribution in [0, 0.1) is 10.1 Å². The number of aliphatic imine (C=N–C) groups is 1. The summed E-state index contributed by atoms with van der Waals surface area (Å²) >= 11 is 6.18. The maximum atomic E-state index is 12.4. The number of cyclic esters (lactones) is 1. The number of rotatable bonds is 7. The fraction of sp³-hybridized carbons (Fsp3) is 0.0833. The molecule has 33 heavy (non-hydrogen) atoms. The number of hydrogen-bond donors (Lipinski definition) is 0. The Hall–Kier alpha value is -4.17. The van der Waals surface area contributed by atoms with Crippen molar-refractivity contribution in [2.24, 2.45) is 4.99 Å². The predicted molar refractivity (Wildman–Crippen MR) is 122 cm³/mol. The third kappa shape index (κ3) is 4.86. The van der Waals surface area contributed by atoms with E-state index in [0.717, 1.165) is 0 Å². The number of carbonyl (C=O) groups excluding carboxylic acids is 1. The van der Waals surface area contributed by atoms with Crippen molar-refractivity contribution in [1.82, 2.24) is 0 Å². The van der Waals surface area contributed by atoms with Gasteiger partial charge in [0.15, 0.2) is 17.2 Å². The fourth-order valence-corrected chi connectivity index (χ4v) is 3.40. The Morgan fingerprint density at radius 1 is 1.12 bits per heavy atom. The van der Waals surface area contributed by atoms with Crippen molar-refractivity contribution in [2.45, 2.75) is 6.61 Å². The topological polar surface area (TPSA) is 100 Å². The molecule has 0 amide bonds. The quantitative estimate of drug-likeness (QED) is 0.207. The first-order valence-electron chi connectivity index (χ1n) is 9.77. The van der Waals surface area contributed by atoms with Gasteiger partial charge >= 0.3 is 5.97 Å². The molecule has 0 aliphatic carbocycles. The molecule has 8 nitrogen and oxygen atoms in total.